The summed E-state index contributed by atoms with van der Waals surface area (Å²) in [6.45, 7) is 4.17. The molecule has 35 heavy (non-hydrogen) atoms. The SMILES string of the molecule is CC1CC(C(F)(F)F)CCCC1S(=O)(=O)N1CCO[C@H]2CC=C(C3=NC(N(C)C)CCC3)CC21C. The van der Waals surface area contributed by atoms with Gasteiger partial charge in [-0.2, -0.15) is 17.5 Å². The minimum Gasteiger partial charge on any atom is -0.375 e. The number of aliphatic imine (C=N–C) groups is 1. The molecular formula is C25H40F3N3O3S. The Labute approximate surface area is 208 Å². The average Bonchev–Trinajstić information content (AvgIpc) is 3.00. The monoisotopic (exact) mass is 519 g/mol. The van der Waals surface area contributed by atoms with Crippen LogP contribution in [0.25, 0.3) is 0 Å². The molecule has 1 saturated heterocycles. The van der Waals surface area contributed by atoms with Crippen LogP contribution in [0.15, 0.2) is 16.6 Å². The number of ether oxygens (including phenoxy) is 1. The lowest BCUT2D eigenvalue weighted by atomic mass is 9.77. The van der Waals surface area contributed by atoms with Crippen molar-refractivity contribution in [2.24, 2.45) is 16.8 Å². The van der Waals surface area contributed by atoms with E-state index in [1.165, 1.54) is 0 Å². The van der Waals surface area contributed by atoms with Crippen molar-refractivity contribution in [1.29, 1.82) is 0 Å². The molecule has 0 aromatic carbocycles. The fraction of sp³-hybridized carbons (Fsp3) is 0.880. The van der Waals surface area contributed by atoms with Crippen LogP contribution in [0.5, 0.6) is 0 Å². The number of hydrogen-bond acceptors (Lipinski definition) is 5. The van der Waals surface area contributed by atoms with Gasteiger partial charge in [0.15, 0.2) is 0 Å². The molecule has 0 spiro atoms. The Balaban J connectivity index is 1.60. The van der Waals surface area contributed by atoms with Gasteiger partial charge in [0.2, 0.25) is 10.0 Å². The second-order valence-corrected chi connectivity index (χ2v) is 13.4. The molecule has 0 bridgehead atoms. The van der Waals surface area contributed by atoms with E-state index in [0.717, 1.165) is 30.5 Å². The third kappa shape index (κ3) is 5.36. The zero-order valence-electron chi connectivity index (χ0n) is 21.4. The molecule has 10 heteroatoms. The zero-order valence-corrected chi connectivity index (χ0v) is 22.2. The van der Waals surface area contributed by atoms with Gasteiger partial charge in [-0.15, -0.1) is 0 Å². The molecule has 0 aromatic heterocycles. The summed E-state index contributed by atoms with van der Waals surface area (Å²) in [6.07, 6.45) is 2.20. The van der Waals surface area contributed by atoms with Crippen LogP contribution in [-0.4, -0.2) is 79.8 Å². The summed E-state index contributed by atoms with van der Waals surface area (Å²) in [5.74, 6) is -1.98. The van der Waals surface area contributed by atoms with E-state index >= 15 is 0 Å². The number of nitrogens with zero attached hydrogens (tertiary/aromatic N) is 3. The first-order valence-electron chi connectivity index (χ1n) is 13.0. The van der Waals surface area contributed by atoms with E-state index < -0.39 is 38.8 Å². The molecule has 0 radical (unpaired) electrons. The van der Waals surface area contributed by atoms with E-state index in [0.29, 0.717) is 19.4 Å². The van der Waals surface area contributed by atoms with Gasteiger partial charge in [0.05, 0.1) is 29.4 Å². The smallest absolute Gasteiger partial charge is 0.375 e. The van der Waals surface area contributed by atoms with Crippen LogP contribution in [0, 0.1) is 11.8 Å². The first-order chi connectivity index (χ1) is 16.3. The van der Waals surface area contributed by atoms with Crippen LogP contribution in [-0.2, 0) is 14.8 Å². The van der Waals surface area contributed by atoms with Crippen LogP contribution in [0.4, 0.5) is 13.2 Å². The van der Waals surface area contributed by atoms with Gasteiger partial charge in [0, 0.05) is 12.3 Å². The number of rotatable bonds is 4. The second kappa shape index (κ2) is 10.1. The largest absolute Gasteiger partial charge is 0.391 e. The first kappa shape index (κ1) is 27.1. The van der Waals surface area contributed by atoms with Crippen LogP contribution in [0.1, 0.15) is 71.6 Å². The number of hydrogen-bond donors (Lipinski definition) is 0. The molecule has 0 amide bonds. The molecular weight excluding hydrogens is 479 g/mol. The van der Waals surface area contributed by atoms with Crippen molar-refractivity contribution in [3.8, 4) is 0 Å². The molecule has 2 fully saturated rings. The number of fused-ring (bicyclic) bond motifs is 1. The first-order valence-corrected chi connectivity index (χ1v) is 14.5. The van der Waals surface area contributed by atoms with Gasteiger partial charge in [-0.1, -0.05) is 19.4 Å². The second-order valence-electron chi connectivity index (χ2n) is 11.3. The molecule has 0 aromatic rings. The van der Waals surface area contributed by atoms with Gasteiger partial charge in [0.25, 0.3) is 0 Å². The van der Waals surface area contributed by atoms with Crippen molar-refractivity contribution in [3.63, 3.8) is 0 Å². The number of halogens is 3. The predicted molar refractivity (Wildman–Crippen MR) is 131 cm³/mol. The molecule has 2 aliphatic heterocycles. The third-order valence-electron chi connectivity index (χ3n) is 8.64. The maximum atomic E-state index is 14.1. The topological polar surface area (TPSA) is 62.2 Å². The molecule has 0 N–H and O–H groups in total. The van der Waals surface area contributed by atoms with E-state index in [1.54, 1.807) is 11.2 Å². The highest BCUT2D eigenvalue weighted by atomic mass is 32.2. The lowest BCUT2D eigenvalue weighted by Gasteiger charge is -2.52. The van der Waals surface area contributed by atoms with Crippen molar-refractivity contribution in [1.82, 2.24) is 9.21 Å². The van der Waals surface area contributed by atoms with Crippen LogP contribution < -0.4 is 0 Å². The molecule has 5 unspecified atom stereocenters. The van der Waals surface area contributed by atoms with Crippen molar-refractivity contribution in [2.75, 3.05) is 27.2 Å². The maximum absolute atomic E-state index is 14.1. The Kier molecular flexibility index (Phi) is 7.78. The molecule has 2 aliphatic carbocycles. The molecule has 6 atom stereocenters. The highest BCUT2D eigenvalue weighted by Crippen LogP contribution is 2.45. The summed E-state index contributed by atoms with van der Waals surface area (Å²) in [5, 5.41) is -0.801. The maximum Gasteiger partial charge on any atom is 0.391 e. The number of morpholine rings is 1. The van der Waals surface area contributed by atoms with Crippen molar-refractivity contribution in [3.05, 3.63) is 11.6 Å². The van der Waals surface area contributed by atoms with E-state index in [1.807, 2.05) is 21.0 Å². The fourth-order valence-electron chi connectivity index (χ4n) is 6.59. The molecule has 200 valence electrons. The van der Waals surface area contributed by atoms with E-state index in [2.05, 4.69) is 11.0 Å². The minimum atomic E-state index is -4.28. The Hall–Kier alpha value is -0.970. The van der Waals surface area contributed by atoms with Crippen LogP contribution in [0.3, 0.4) is 0 Å². The van der Waals surface area contributed by atoms with Crippen molar-refractivity contribution >= 4 is 15.7 Å². The molecule has 1 saturated carbocycles. The predicted octanol–water partition coefficient (Wildman–Crippen LogP) is 4.77. The summed E-state index contributed by atoms with van der Waals surface area (Å²) in [4.78, 5) is 7.07. The van der Waals surface area contributed by atoms with Crippen molar-refractivity contribution < 1.29 is 26.3 Å². The Morgan fingerprint density at radius 3 is 2.63 bits per heavy atom. The molecule has 4 rings (SSSR count). The van der Waals surface area contributed by atoms with E-state index in [9.17, 15) is 21.6 Å². The van der Waals surface area contributed by atoms with Crippen LogP contribution >= 0.6 is 0 Å². The number of alkyl halides is 3. The summed E-state index contributed by atoms with van der Waals surface area (Å²) in [6, 6.07) is 0. The lowest BCUT2D eigenvalue weighted by molar-refractivity contribution is -0.179. The summed E-state index contributed by atoms with van der Waals surface area (Å²) < 4.78 is 76.2. The highest BCUT2D eigenvalue weighted by molar-refractivity contribution is 7.89. The van der Waals surface area contributed by atoms with Gasteiger partial charge in [-0.05, 0) is 83.9 Å². The Bertz CT molecular complexity index is 949. The van der Waals surface area contributed by atoms with Gasteiger partial charge >= 0.3 is 6.18 Å². The lowest BCUT2D eigenvalue weighted by Crippen LogP contribution is -2.65. The highest BCUT2D eigenvalue weighted by Gasteiger charge is 2.54. The van der Waals surface area contributed by atoms with E-state index in [-0.39, 0.29) is 44.5 Å². The fourth-order valence-corrected chi connectivity index (χ4v) is 9.17. The Morgan fingerprint density at radius 1 is 1.20 bits per heavy atom. The minimum absolute atomic E-state index is 0.00259. The summed E-state index contributed by atoms with van der Waals surface area (Å²) in [5.41, 5.74) is 1.37. The van der Waals surface area contributed by atoms with Gasteiger partial charge < -0.3 is 4.74 Å². The molecule has 6 nitrogen and oxygen atoms in total. The van der Waals surface area contributed by atoms with Gasteiger partial charge in [-0.25, -0.2) is 8.42 Å². The third-order valence-corrected chi connectivity index (χ3v) is 11.3. The number of sulfonamides is 1. The van der Waals surface area contributed by atoms with Gasteiger partial charge in [-0.3, -0.25) is 9.89 Å². The van der Waals surface area contributed by atoms with E-state index in [4.69, 9.17) is 9.73 Å². The van der Waals surface area contributed by atoms with Gasteiger partial charge in [0.1, 0.15) is 6.17 Å². The standard InChI is InChI=1S/C25H40F3N3O3S/c1-17-15-19(25(26,27)28)7-5-9-21(17)35(32,33)31-13-14-34-22-12-11-18(16-24(22,31)2)20-8-6-10-23(29-20)30(3)4/h11,17,19,21-23H,5-10,12-16H2,1-4H3/t17?,19?,21?,22-,23?,24?/m0/s1. The normalized spacial score (nSPS) is 37.9. The average molecular weight is 520 g/mol. The Morgan fingerprint density at radius 2 is 1.94 bits per heavy atom. The quantitative estimate of drug-likeness (QED) is 0.502. The van der Waals surface area contributed by atoms with Crippen molar-refractivity contribution in [2.45, 2.75) is 101 Å². The van der Waals surface area contributed by atoms with Crippen LogP contribution in [0.2, 0.25) is 0 Å². The summed E-state index contributed by atoms with van der Waals surface area (Å²) >= 11 is 0. The zero-order chi connectivity index (χ0) is 25.6. The molecule has 4 aliphatic rings. The molecule has 2 heterocycles. The summed E-state index contributed by atoms with van der Waals surface area (Å²) in [7, 11) is 0.213.